The average Bonchev–Trinajstić information content (AvgIpc) is 3.14. The summed E-state index contributed by atoms with van der Waals surface area (Å²) in [5.74, 6) is 1.14. The van der Waals surface area contributed by atoms with Crippen molar-refractivity contribution in [2.75, 3.05) is 28.6 Å². The van der Waals surface area contributed by atoms with Crippen molar-refractivity contribution < 1.29 is 9.32 Å². The molecule has 1 aliphatic rings. The van der Waals surface area contributed by atoms with Crippen LogP contribution >= 0.6 is 0 Å². The first-order chi connectivity index (χ1) is 13.7. The van der Waals surface area contributed by atoms with E-state index in [-0.39, 0.29) is 11.6 Å². The van der Waals surface area contributed by atoms with E-state index in [2.05, 4.69) is 42.8 Å². The maximum absolute atomic E-state index is 12.3. The fourth-order valence-corrected chi connectivity index (χ4v) is 3.21. The number of hydrogen-bond acceptors (Lipinski definition) is 7. The lowest BCUT2D eigenvalue weighted by molar-refractivity contribution is 0.102. The Morgan fingerprint density at radius 2 is 1.82 bits per heavy atom. The molecule has 3 heterocycles. The number of benzene rings is 1. The van der Waals surface area contributed by atoms with E-state index in [1.807, 2.05) is 12.1 Å². The van der Waals surface area contributed by atoms with Crippen LogP contribution in [-0.4, -0.2) is 34.1 Å². The van der Waals surface area contributed by atoms with Crippen LogP contribution in [0.15, 0.2) is 47.2 Å². The van der Waals surface area contributed by atoms with Gasteiger partial charge >= 0.3 is 0 Å². The molecule has 1 aromatic carbocycles. The molecule has 144 valence electrons. The Morgan fingerprint density at radius 1 is 1.04 bits per heavy atom. The van der Waals surface area contributed by atoms with Gasteiger partial charge in [-0.05, 0) is 50.5 Å². The number of rotatable bonds is 5. The summed E-state index contributed by atoms with van der Waals surface area (Å²) in [6.07, 6.45) is 5.17. The lowest BCUT2D eigenvalue weighted by atomic mass is 10.1. The van der Waals surface area contributed by atoms with Crippen molar-refractivity contribution in [2.45, 2.75) is 26.2 Å². The summed E-state index contributed by atoms with van der Waals surface area (Å²) in [7, 11) is 0. The quantitative estimate of drug-likeness (QED) is 0.698. The minimum atomic E-state index is -0.376. The standard InChI is InChI=1S/C20H22N6O2/c1-14-11-19(25-28-14)24-20(27)17-12-18(22-13-21-17)23-15-5-7-16(8-6-15)26-9-3-2-4-10-26/h5-8,11-13H,2-4,9-10H2,1H3,(H,21,22,23)(H,24,25,27). The molecule has 0 aliphatic carbocycles. The van der Waals surface area contributed by atoms with Gasteiger partial charge in [0.2, 0.25) is 0 Å². The molecule has 1 fully saturated rings. The monoisotopic (exact) mass is 378 g/mol. The second kappa shape index (κ2) is 8.08. The molecule has 28 heavy (non-hydrogen) atoms. The van der Waals surface area contributed by atoms with Gasteiger partial charge in [-0.3, -0.25) is 4.79 Å². The summed E-state index contributed by atoms with van der Waals surface area (Å²) in [5.41, 5.74) is 2.37. The Bertz CT molecular complexity index is 947. The van der Waals surface area contributed by atoms with Crippen LogP contribution in [0.25, 0.3) is 0 Å². The number of aryl methyl sites for hydroxylation is 1. The molecular formula is C20H22N6O2. The molecule has 0 radical (unpaired) electrons. The van der Waals surface area contributed by atoms with Crippen molar-refractivity contribution in [1.29, 1.82) is 0 Å². The molecule has 2 aromatic heterocycles. The molecule has 1 saturated heterocycles. The van der Waals surface area contributed by atoms with Crippen molar-refractivity contribution in [3.05, 3.63) is 54.2 Å². The lowest BCUT2D eigenvalue weighted by Gasteiger charge is -2.28. The number of nitrogens with zero attached hydrogens (tertiary/aromatic N) is 4. The molecular weight excluding hydrogens is 356 g/mol. The van der Waals surface area contributed by atoms with Crippen molar-refractivity contribution in [3.63, 3.8) is 0 Å². The van der Waals surface area contributed by atoms with Crippen molar-refractivity contribution in [3.8, 4) is 0 Å². The van der Waals surface area contributed by atoms with Gasteiger partial charge in [0.1, 0.15) is 23.6 Å². The highest BCUT2D eigenvalue weighted by atomic mass is 16.5. The van der Waals surface area contributed by atoms with E-state index in [4.69, 9.17) is 4.52 Å². The maximum atomic E-state index is 12.3. The molecule has 0 atom stereocenters. The van der Waals surface area contributed by atoms with Gasteiger partial charge in [-0.1, -0.05) is 5.16 Å². The summed E-state index contributed by atoms with van der Waals surface area (Å²) in [5, 5.41) is 9.61. The number of anilines is 4. The van der Waals surface area contributed by atoms with E-state index in [0.717, 1.165) is 18.8 Å². The van der Waals surface area contributed by atoms with Gasteiger partial charge in [-0.25, -0.2) is 9.97 Å². The molecule has 0 bridgehead atoms. The second-order valence-electron chi connectivity index (χ2n) is 6.78. The Morgan fingerprint density at radius 3 is 2.54 bits per heavy atom. The van der Waals surface area contributed by atoms with Crippen molar-refractivity contribution >= 4 is 28.9 Å². The van der Waals surface area contributed by atoms with Crippen LogP contribution in [0.3, 0.4) is 0 Å². The number of carbonyl (C=O) groups is 1. The summed E-state index contributed by atoms with van der Waals surface area (Å²) < 4.78 is 4.94. The van der Waals surface area contributed by atoms with E-state index < -0.39 is 0 Å². The van der Waals surface area contributed by atoms with Crippen molar-refractivity contribution in [2.24, 2.45) is 0 Å². The van der Waals surface area contributed by atoms with Gasteiger partial charge in [0.15, 0.2) is 5.82 Å². The van der Waals surface area contributed by atoms with Crippen LogP contribution in [0, 0.1) is 6.92 Å². The minimum absolute atomic E-state index is 0.239. The second-order valence-corrected chi connectivity index (χ2v) is 6.78. The maximum Gasteiger partial charge on any atom is 0.275 e. The summed E-state index contributed by atoms with van der Waals surface area (Å²) in [6, 6.07) is 11.5. The predicted molar refractivity (Wildman–Crippen MR) is 107 cm³/mol. The van der Waals surface area contributed by atoms with Crippen LogP contribution in [0.2, 0.25) is 0 Å². The molecule has 8 nitrogen and oxygen atoms in total. The van der Waals surface area contributed by atoms with Crippen LogP contribution in [-0.2, 0) is 0 Å². The largest absolute Gasteiger partial charge is 0.372 e. The van der Waals surface area contributed by atoms with Crippen LogP contribution in [0.5, 0.6) is 0 Å². The molecule has 1 aliphatic heterocycles. The van der Waals surface area contributed by atoms with Gasteiger partial charge < -0.3 is 20.1 Å². The Kier molecular flexibility index (Phi) is 5.18. The van der Waals surface area contributed by atoms with Gasteiger partial charge in [0, 0.05) is 36.6 Å². The molecule has 2 N–H and O–H groups in total. The Balaban J connectivity index is 1.42. The molecule has 0 unspecified atom stereocenters. The average molecular weight is 378 g/mol. The fourth-order valence-electron chi connectivity index (χ4n) is 3.21. The third-order valence-electron chi connectivity index (χ3n) is 4.63. The topological polar surface area (TPSA) is 96.2 Å². The minimum Gasteiger partial charge on any atom is -0.372 e. The van der Waals surface area contributed by atoms with Crippen LogP contribution in [0.4, 0.5) is 23.0 Å². The summed E-state index contributed by atoms with van der Waals surface area (Å²) >= 11 is 0. The first-order valence-corrected chi connectivity index (χ1v) is 9.36. The number of nitrogens with one attached hydrogen (secondary N) is 2. The predicted octanol–water partition coefficient (Wildman–Crippen LogP) is 3.76. The first kappa shape index (κ1) is 18.0. The van der Waals surface area contributed by atoms with E-state index >= 15 is 0 Å². The van der Waals surface area contributed by atoms with E-state index in [0.29, 0.717) is 17.4 Å². The third kappa shape index (κ3) is 4.28. The number of hydrogen-bond donors (Lipinski definition) is 2. The summed E-state index contributed by atoms with van der Waals surface area (Å²) in [4.78, 5) is 23.0. The highest BCUT2D eigenvalue weighted by Gasteiger charge is 2.13. The van der Waals surface area contributed by atoms with E-state index in [9.17, 15) is 4.79 Å². The molecule has 0 saturated carbocycles. The van der Waals surface area contributed by atoms with E-state index in [1.54, 1.807) is 19.1 Å². The van der Waals surface area contributed by atoms with E-state index in [1.165, 1.54) is 31.3 Å². The van der Waals surface area contributed by atoms with Gasteiger partial charge in [-0.15, -0.1) is 0 Å². The third-order valence-corrected chi connectivity index (χ3v) is 4.63. The number of aromatic nitrogens is 3. The van der Waals surface area contributed by atoms with Crippen molar-refractivity contribution in [1.82, 2.24) is 15.1 Å². The molecule has 4 rings (SSSR count). The number of amides is 1. The lowest BCUT2D eigenvalue weighted by Crippen LogP contribution is -2.29. The first-order valence-electron chi connectivity index (χ1n) is 9.36. The van der Waals surface area contributed by atoms with Gasteiger partial charge in [0.05, 0.1) is 0 Å². The van der Waals surface area contributed by atoms with Gasteiger partial charge in [-0.2, -0.15) is 0 Å². The molecule has 1 amide bonds. The van der Waals surface area contributed by atoms with Crippen LogP contribution < -0.4 is 15.5 Å². The molecule has 8 heteroatoms. The van der Waals surface area contributed by atoms with Gasteiger partial charge in [0.25, 0.3) is 5.91 Å². The highest BCUT2D eigenvalue weighted by Crippen LogP contribution is 2.23. The Labute approximate surface area is 163 Å². The number of carbonyl (C=O) groups excluding carboxylic acids is 1. The summed E-state index contributed by atoms with van der Waals surface area (Å²) in [6.45, 7) is 3.98. The smallest absolute Gasteiger partial charge is 0.275 e. The zero-order chi connectivity index (χ0) is 19.3. The molecule has 0 spiro atoms. The normalized spacial score (nSPS) is 14.0. The zero-order valence-corrected chi connectivity index (χ0v) is 15.7. The fraction of sp³-hybridized carbons (Fsp3) is 0.300. The highest BCUT2D eigenvalue weighted by molar-refractivity contribution is 6.02. The molecule has 3 aromatic rings. The van der Waals surface area contributed by atoms with Crippen LogP contribution in [0.1, 0.15) is 35.5 Å². The number of piperidine rings is 1. The SMILES string of the molecule is Cc1cc(NC(=O)c2cc(Nc3ccc(N4CCCCC4)cc3)ncn2)no1. The Hall–Kier alpha value is -3.42. The zero-order valence-electron chi connectivity index (χ0n) is 15.7.